The number of anilines is 1. The average molecular weight is 445 g/mol. The number of benzene rings is 1. The summed E-state index contributed by atoms with van der Waals surface area (Å²) in [5.41, 5.74) is 4.60. The van der Waals surface area contributed by atoms with Crippen LogP contribution in [0.2, 0.25) is 0 Å². The molecule has 0 amide bonds. The number of hydrogen-bond acceptors (Lipinski definition) is 7. The Morgan fingerprint density at radius 2 is 2.09 bits per heavy atom. The lowest BCUT2D eigenvalue weighted by Crippen LogP contribution is -2.51. The lowest BCUT2D eigenvalue weighted by molar-refractivity contribution is -0.117. The quantitative estimate of drug-likeness (QED) is 0.734. The number of nitrogens with two attached hydrogens (primary N) is 1. The van der Waals surface area contributed by atoms with Gasteiger partial charge in [-0.1, -0.05) is 0 Å². The molecule has 1 saturated carbocycles. The lowest BCUT2D eigenvalue weighted by atomic mass is 9.84. The van der Waals surface area contributed by atoms with Crippen LogP contribution in [0, 0.1) is 11.7 Å². The number of nitrogens with one attached hydrogen (secondary N) is 1. The first-order valence-electron chi connectivity index (χ1n) is 10.3. The number of aliphatic imine (C=N–C) groups is 2. The number of fused-ring (bicyclic) bond motifs is 1. The van der Waals surface area contributed by atoms with Gasteiger partial charge in [-0.25, -0.2) is 14.4 Å². The van der Waals surface area contributed by atoms with Gasteiger partial charge in [-0.15, -0.1) is 0 Å². The molecule has 32 heavy (non-hydrogen) atoms. The standard InChI is InChI=1S/C22H22F3N5O2/c1-21(22(24,25)11-32-20(26)30-21)15-7-18-13(6-16(15)23)8-28-19(29-18)17-5-4-14(9-27-17)31-10-12-2-3-12/h4-7,9,12H,2-3,8,10-11H2,1H3,(H2,26,30)(H,28,29). The van der Waals surface area contributed by atoms with Crippen molar-refractivity contribution in [2.45, 2.75) is 37.8 Å². The molecule has 1 aromatic heterocycles. The van der Waals surface area contributed by atoms with Crippen molar-refractivity contribution in [1.29, 1.82) is 0 Å². The van der Waals surface area contributed by atoms with Gasteiger partial charge in [-0.3, -0.25) is 4.99 Å². The van der Waals surface area contributed by atoms with Crippen LogP contribution >= 0.6 is 0 Å². The van der Waals surface area contributed by atoms with Crippen molar-refractivity contribution in [3.8, 4) is 5.75 Å². The maximum absolute atomic E-state index is 14.9. The van der Waals surface area contributed by atoms with E-state index in [1.807, 2.05) is 6.07 Å². The number of ether oxygens (including phenoxy) is 2. The Kier molecular flexibility index (Phi) is 4.75. The van der Waals surface area contributed by atoms with Gasteiger partial charge < -0.3 is 20.5 Å². The van der Waals surface area contributed by atoms with E-state index in [9.17, 15) is 13.2 Å². The van der Waals surface area contributed by atoms with Crippen LogP contribution in [-0.4, -0.2) is 36.0 Å². The first kappa shape index (κ1) is 20.6. The molecule has 3 aliphatic rings. The molecule has 1 fully saturated rings. The van der Waals surface area contributed by atoms with Crippen molar-refractivity contribution in [2.24, 2.45) is 21.6 Å². The van der Waals surface area contributed by atoms with E-state index in [0.29, 0.717) is 41.1 Å². The molecular weight excluding hydrogens is 423 g/mol. The molecule has 1 atom stereocenters. The number of hydrogen-bond donors (Lipinski definition) is 2. The number of nitrogens with zero attached hydrogens (tertiary/aromatic N) is 3. The van der Waals surface area contributed by atoms with Crippen molar-refractivity contribution in [3.63, 3.8) is 0 Å². The van der Waals surface area contributed by atoms with Crippen LogP contribution in [0.1, 0.15) is 36.6 Å². The normalized spacial score (nSPS) is 23.9. The largest absolute Gasteiger partial charge is 0.492 e. The molecule has 1 aliphatic carbocycles. The minimum Gasteiger partial charge on any atom is -0.492 e. The summed E-state index contributed by atoms with van der Waals surface area (Å²) in [6.45, 7) is 1.03. The summed E-state index contributed by atoms with van der Waals surface area (Å²) >= 11 is 0. The van der Waals surface area contributed by atoms with E-state index in [1.54, 1.807) is 12.3 Å². The maximum Gasteiger partial charge on any atom is 0.310 e. The lowest BCUT2D eigenvalue weighted by Gasteiger charge is -2.38. The van der Waals surface area contributed by atoms with Crippen LogP contribution in [0.25, 0.3) is 0 Å². The maximum atomic E-state index is 14.9. The molecule has 1 aromatic carbocycles. The van der Waals surface area contributed by atoms with Crippen LogP contribution in [-0.2, 0) is 16.8 Å². The molecule has 7 nitrogen and oxygen atoms in total. The van der Waals surface area contributed by atoms with E-state index in [0.717, 1.165) is 6.92 Å². The molecule has 2 aliphatic heterocycles. The second-order valence-corrected chi connectivity index (χ2v) is 8.43. The minimum atomic E-state index is -3.45. The summed E-state index contributed by atoms with van der Waals surface area (Å²) in [7, 11) is 0. The van der Waals surface area contributed by atoms with E-state index in [4.69, 9.17) is 10.5 Å². The highest BCUT2D eigenvalue weighted by Gasteiger charge is 2.56. The highest BCUT2D eigenvalue weighted by atomic mass is 19.3. The highest BCUT2D eigenvalue weighted by molar-refractivity contribution is 6.08. The molecule has 10 heteroatoms. The van der Waals surface area contributed by atoms with Gasteiger partial charge in [0.25, 0.3) is 6.02 Å². The molecule has 0 saturated heterocycles. The summed E-state index contributed by atoms with van der Waals surface area (Å²) in [5.74, 6) is -2.49. The van der Waals surface area contributed by atoms with E-state index in [-0.39, 0.29) is 12.1 Å². The van der Waals surface area contributed by atoms with Gasteiger partial charge in [0, 0.05) is 16.8 Å². The van der Waals surface area contributed by atoms with Gasteiger partial charge in [0.1, 0.15) is 17.3 Å². The molecule has 5 rings (SSSR count). The van der Waals surface area contributed by atoms with Crippen LogP contribution in [0.5, 0.6) is 5.75 Å². The number of pyridine rings is 1. The minimum absolute atomic E-state index is 0.179. The summed E-state index contributed by atoms with van der Waals surface area (Å²) < 4.78 is 54.7. The van der Waals surface area contributed by atoms with Crippen LogP contribution < -0.4 is 15.8 Å². The van der Waals surface area contributed by atoms with Crippen molar-refractivity contribution in [3.05, 3.63) is 53.1 Å². The topological polar surface area (TPSA) is 94.1 Å². The number of aromatic nitrogens is 1. The number of amidine groups is 2. The third-order valence-electron chi connectivity index (χ3n) is 5.99. The van der Waals surface area contributed by atoms with Crippen molar-refractivity contribution in [1.82, 2.24) is 4.98 Å². The van der Waals surface area contributed by atoms with Gasteiger partial charge in [0.2, 0.25) is 0 Å². The molecule has 2 aromatic rings. The summed E-state index contributed by atoms with van der Waals surface area (Å²) in [6.07, 6.45) is 4.02. The Morgan fingerprint density at radius 1 is 1.28 bits per heavy atom. The Hall–Kier alpha value is -3.30. The SMILES string of the molecule is CC1(c2cc3c(cc2F)CN=C(c2ccc(OCC4CC4)cn2)N3)N=C(N)OCC1(F)F. The molecule has 1 unspecified atom stereocenters. The Labute approximate surface area is 182 Å². The van der Waals surface area contributed by atoms with Gasteiger partial charge >= 0.3 is 5.92 Å². The molecule has 0 spiro atoms. The first-order valence-corrected chi connectivity index (χ1v) is 10.3. The van der Waals surface area contributed by atoms with Crippen molar-refractivity contribution >= 4 is 17.5 Å². The third kappa shape index (κ3) is 3.63. The summed E-state index contributed by atoms with van der Waals surface area (Å²) in [4.78, 5) is 12.6. The van der Waals surface area contributed by atoms with E-state index < -0.39 is 29.9 Å². The van der Waals surface area contributed by atoms with Gasteiger partial charge in [-0.2, -0.15) is 8.78 Å². The Bertz CT molecular complexity index is 1120. The molecule has 3 N–H and O–H groups in total. The Balaban J connectivity index is 1.41. The summed E-state index contributed by atoms with van der Waals surface area (Å²) in [6, 6.07) is 5.70. The van der Waals surface area contributed by atoms with Crippen LogP contribution in [0.15, 0.2) is 40.4 Å². The predicted molar refractivity (Wildman–Crippen MR) is 113 cm³/mol. The summed E-state index contributed by atoms with van der Waals surface area (Å²) in [5, 5.41) is 3.08. The number of alkyl halides is 2. The van der Waals surface area contributed by atoms with E-state index in [1.165, 1.54) is 25.0 Å². The molecule has 0 radical (unpaired) electrons. The van der Waals surface area contributed by atoms with Crippen molar-refractivity contribution in [2.75, 3.05) is 18.5 Å². The molecule has 3 heterocycles. The highest BCUT2D eigenvalue weighted by Crippen LogP contribution is 2.45. The zero-order valence-electron chi connectivity index (χ0n) is 17.4. The second-order valence-electron chi connectivity index (χ2n) is 8.43. The molecule has 0 bridgehead atoms. The molecule has 168 valence electrons. The van der Waals surface area contributed by atoms with Crippen molar-refractivity contribution < 1.29 is 22.6 Å². The zero-order valence-corrected chi connectivity index (χ0v) is 17.4. The van der Waals surface area contributed by atoms with Crippen LogP contribution in [0.4, 0.5) is 18.9 Å². The Morgan fingerprint density at radius 3 is 2.81 bits per heavy atom. The van der Waals surface area contributed by atoms with Gasteiger partial charge in [-0.05, 0) is 49.9 Å². The second kappa shape index (κ2) is 7.39. The zero-order chi connectivity index (χ0) is 22.5. The average Bonchev–Trinajstić information content (AvgIpc) is 3.59. The number of rotatable bonds is 5. The van der Waals surface area contributed by atoms with Gasteiger partial charge in [0.15, 0.2) is 18.0 Å². The fraction of sp³-hybridized carbons (Fsp3) is 0.409. The number of halogens is 3. The smallest absolute Gasteiger partial charge is 0.310 e. The fourth-order valence-corrected chi connectivity index (χ4v) is 3.71. The molecular formula is C22H22F3N5O2. The van der Waals surface area contributed by atoms with E-state index in [2.05, 4.69) is 25.0 Å². The third-order valence-corrected chi connectivity index (χ3v) is 5.99. The van der Waals surface area contributed by atoms with E-state index >= 15 is 0 Å². The predicted octanol–water partition coefficient (Wildman–Crippen LogP) is 3.58. The van der Waals surface area contributed by atoms with Crippen LogP contribution in [0.3, 0.4) is 0 Å². The fourth-order valence-electron chi connectivity index (χ4n) is 3.71. The monoisotopic (exact) mass is 445 g/mol. The first-order chi connectivity index (χ1) is 15.2. The van der Waals surface area contributed by atoms with Gasteiger partial charge in [0.05, 0.1) is 19.3 Å².